The van der Waals surface area contributed by atoms with Gasteiger partial charge in [-0.25, -0.2) is 9.67 Å². The Labute approximate surface area is 190 Å². The summed E-state index contributed by atoms with van der Waals surface area (Å²) in [7, 11) is 1.06. The topological polar surface area (TPSA) is 46.4 Å². The fourth-order valence-corrected chi connectivity index (χ4v) is 4.69. The number of piperazine rings is 1. The molecule has 2 aromatic heterocycles. The number of aromatic nitrogens is 3. The van der Waals surface area contributed by atoms with Crippen molar-refractivity contribution in [1.29, 1.82) is 0 Å². The van der Waals surface area contributed by atoms with Gasteiger partial charge in [0.25, 0.3) is 0 Å². The molecule has 31 heavy (non-hydrogen) atoms. The lowest BCUT2D eigenvalue weighted by Crippen LogP contribution is -2.44. The smallest absolute Gasteiger partial charge is 0.140 e. The largest absolute Gasteiger partial charge is 0.369 e. The maximum absolute atomic E-state index is 6.19. The molecule has 1 fully saturated rings. The second-order valence-corrected chi connectivity index (χ2v) is 15.6. The van der Waals surface area contributed by atoms with Crippen LogP contribution in [-0.4, -0.2) is 67.6 Å². The third kappa shape index (κ3) is 5.47. The summed E-state index contributed by atoms with van der Waals surface area (Å²) in [5, 5.41) is 6.33. The number of likely N-dealkylation sites (N-methyl/N-ethyl adjacent to an activating group) is 1. The SMILES string of the molecule is CN1CCN(c2ccc(-c3nn(COCC[Si](C)(C)C)c4cc(Cl)ncc34)cc2)CC1. The van der Waals surface area contributed by atoms with Crippen molar-refractivity contribution in [1.82, 2.24) is 19.7 Å². The van der Waals surface area contributed by atoms with Gasteiger partial charge in [0, 0.05) is 69.8 Å². The van der Waals surface area contributed by atoms with Crippen LogP contribution in [0, 0.1) is 0 Å². The zero-order valence-corrected chi connectivity index (χ0v) is 20.7. The highest BCUT2D eigenvalue weighted by molar-refractivity contribution is 6.76. The molecular formula is C23H32ClN5OSi. The maximum atomic E-state index is 6.19. The Bertz CT molecular complexity index is 1020. The quantitative estimate of drug-likeness (QED) is 0.289. The molecule has 1 aliphatic rings. The minimum Gasteiger partial charge on any atom is -0.369 e. The van der Waals surface area contributed by atoms with Gasteiger partial charge in [0.2, 0.25) is 0 Å². The van der Waals surface area contributed by atoms with Crippen molar-refractivity contribution in [2.75, 3.05) is 44.7 Å². The first kappa shape index (κ1) is 22.3. The summed E-state index contributed by atoms with van der Waals surface area (Å²) in [6.07, 6.45) is 1.81. The van der Waals surface area contributed by atoms with E-state index in [0.717, 1.165) is 61.0 Å². The number of benzene rings is 1. The van der Waals surface area contributed by atoms with Gasteiger partial charge in [-0.3, -0.25) is 0 Å². The number of halogens is 1. The molecule has 0 aliphatic carbocycles. The normalized spacial score (nSPS) is 15.7. The van der Waals surface area contributed by atoms with E-state index in [1.165, 1.54) is 5.69 Å². The number of fused-ring (bicyclic) bond motifs is 1. The molecule has 0 N–H and O–H groups in total. The predicted molar refractivity (Wildman–Crippen MR) is 132 cm³/mol. The molecule has 0 atom stereocenters. The van der Waals surface area contributed by atoms with E-state index in [-0.39, 0.29) is 0 Å². The van der Waals surface area contributed by atoms with E-state index >= 15 is 0 Å². The summed E-state index contributed by atoms with van der Waals surface area (Å²) in [6.45, 7) is 12.6. The molecule has 166 valence electrons. The number of anilines is 1. The van der Waals surface area contributed by atoms with Crippen LogP contribution in [0.15, 0.2) is 36.5 Å². The highest BCUT2D eigenvalue weighted by Gasteiger charge is 2.17. The van der Waals surface area contributed by atoms with Crippen molar-refractivity contribution >= 4 is 36.3 Å². The molecule has 0 amide bonds. The molecular weight excluding hydrogens is 426 g/mol. The summed E-state index contributed by atoms with van der Waals surface area (Å²) >= 11 is 6.19. The van der Waals surface area contributed by atoms with Gasteiger partial charge in [0.15, 0.2) is 0 Å². The van der Waals surface area contributed by atoms with Crippen LogP contribution in [0.25, 0.3) is 22.2 Å². The predicted octanol–water partition coefficient (Wildman–Crippen LogP) is 4.82. The van der Waals surface area contributed by atoms with Crippen LogP contribution in [-0.2, 0) is 11.5 Å². The molecule has 3 aromatic rings. The molecule has 0 radical (unpaired) electrons. The summed E-state index contributed by atoms with van der Waals surface area (Å²) in [5.74, 6) is 0. The summed E-state index contributed by atoms with van der Waals surface area (Å²) in [4.78, 5) is 9.10. The summed E-state index contributed by atoms with van der Waals surface area (Å²) in [6, 6.07) is 11.7. The average Bonchev–Trinajstić information content (AvgIpc) is 3.09. The number of rotatable bonds is 7. The number of ether oxygens (including phenoxy) is 1. The van der Waals surface area contributed by atoms with Crippen LogP contribution in [0.4, 0.5) is 5.69 Å². The van der Waals surface area contributed by atoms with Gasteiger partial charge in [-0.1, -0.05) is 43.4 Å². The Balaban J connectivity index is 1.56. The lowest BCUT2D eigenvalue weighted by atomic mass is 10.1. The van der Waals surface area contributed by atoms with Gasteiger partial charge in [-0.15, -0.1) is 0 Å². The molecule has 0 spiro atoms. The van der Waals surface area contributed by atoms with Crippen LogP contribution in [0.3, 0.4) is 0 Å². The Kier molecular flexibility index (Phi) is 6.67. The molecule has 3 heterocycles. The molecule has 0 bridgehead atoms. The van der Waals surface area contributed by atoms with Crippen molar-refractivity contribution < 1.29 is 4.74 Å². The van der Waals surface area contributed by atoms with Gasteiger partial charge in [0.05, 0.1) is 5.52 Å². The van der Waals surface area contributed by atoms with Gasteiger partial charge in [-0.2, -0.15) is 5.10 Å². The molecule has 6 nitrogen and oxygen atoms in total. The zero-order chi connectivity index (χ0) is 22.0. The Hall–Kier alpha value is -1.93. The lowest BCUT2D eigenvalue weighted by molar-refractivity contribution is 0.0818. The monoisotopic (exact) mass is 457 g/mol. The summed E-state index contributed by atoms with van der Waals surface area (Å²) in [5.41, 5.74) is 4.20. The fraction of sp³-hybridized carbons (Fsp3) is 0.478. The number of nitrogens with zero attached hydrogens (tertiary/aromatic N) is 5. The number of hydrogen-bond acceptors (Lipinski definition) is 5. The van der Waals surface area contributed by atoms with E-state index in [0.29, 0.717) is 11.9 Å². The van der Waals surface area contributed by atoms with Crippen molar-refractivity contribution in [3.63, 3.8) is 0 Å². The second-order valence-electron chi connectivity index (χ2n) is 9.56. The Morgan fingerprint density at radius 2 is 1.77 bits per heavy atom. The van der Waals surface area contributed by atoms with Crippen LogP contribution < -0.4 is 4.90 Å². The highest BCUT2D eigenvalue weighted by atomic mass is 35.5. The Morgan fingerprint density at radius 1 is 1.06 bits per heavy atom. The lowest BCUT2D eigenvalue weighted by Gasteiger charge is -2.34. The molecule has 4 rings (SSSR count). The van der Waals surface area contributed by atoms with Crippen LogP contribution in [0.5, 0.6) is 0 Å². The number of pyridine rings is 1. The maximum Gasteiger partial charge on any atom is 0.140 e. The van der Waals surface area contributed by atoms with Crippen LogP contribution in [0.1, 0.15) is 0 Å². The van der Waals surface area contributed by atoms with Crippen molar-refractivity contribution in [2.24, 2.45) is 0 Å². The third-order valence-electron chi connectivity index (χ3n) is 5.82. The van der Waals surface area contributed by atoms with Gasteiger partial charge in [-0.05, 0) is 25.2 Å². The van der Waals surface area contributed by atoms with E-state index in [2.05, 4.69) is 65.7 Å². The average molecular weight is 458 g/mol. The van der Waals surface area contributed by atoms with E-state index in [9.17, 15) is 0 Å². The fourth-order valence-electron chi connectivity index (χ4n) is 3.78. The van der Waals surface area contributed by atoms with Gasteiger partial charge < -0.3 is 14.5 Å². The first-order valence-electron chi connectivity index (χ1n) is 10.9. The first-order chi connectivity index (χ1) is 14.8. The van der Waals surface area contributed by atoms with E-state index in [1.807, 2.05) is 16.9 Å². The highest BCUT2D eigenvalue weighted by Crippen LogP contribution is 2.30. The molecule has 1 saturated heterocycles. The van der Waals surface area contributed by atoms with Crippen molar-refractivity contribution in [3.05, 3.63) is 41.7 Å². The van der Waals surface area contributed by atoms with Gasteiger partial charge >= 0.3 is 0 Å². The van der Waals surface area contributed by atoms with E-state index < -0.39 is 8.07 Å². The molecule has 1 aliphatic heterocycles. The van der Waals surface area contributed by atoms with Crippen LogP contribution in [0.2, 0.25) is 30.8 Å². The zero-order valence-electron chi connectivity index (χ0n) is 18.9. The summed E-state index contributed by atoms with van der Waals surface area (Å²) < 4.78 is 7.86. The van der Waals surface area contributed by atoms with E-state index in [1.54, 1.807) is 0 Å². The molecule has 0 saturated carbocycles. The van der Waals surface area contributed by atoms with E-state index in [4.69, 9.17) is 21.4 Å². The van der Waals surface area contributed by atoms with Gasteiger partial charge in [0.1, 0.15) is 17.6 Å². The first-order valence-corrected chi connectivity index (χ1v) is 15.0. The molecule has 8 heteroatoms. The van der Waals surface area contributed by atoms with Crippen molar-refractivity contribution in [2.45, 2.75) is 32.4 Å². The third-order valence-corrected chi connectivity index (χ3v) is 7.73. The van der Waals surface area contributed by atoms with Crippen LogP contribution >= 0.6 is 11.6 Å². The number of hydrogen-bond donors (Lipinski definition) is 0. The standard InChI is InChI=1S/C23H32ClN5OSi/c1-27-9-11-28(12-10-27)19-7-5-18(6-8-19)23-20-16-25-22(24)15-21(20)29(26-23)17-30-13-14-31(2,3)4/h5-8,15-16H,9-14,17H2,1-4H3. The second kappa shape index (κ2) is 9.28. The Morgan fingerprint density at radius 3 is 2.45 bits per heavy atom. The molecule has 1 aromatic carbocycles. The van der Waals surface area contributed by atoms with Crippen molar-refractivity contribution in [3.8, 4) is 11.3 Å². The minimum atomic E-state index is -1.12. The molecule has 0 unspecified atom stereocenters. The minimum absolute atomic E-state index is 0.417.